The molecule has 0 atom stereocenters. The lowest BCUT2D eigenvalue weighted by molar-refractivity contribution is 0.658. The van der Waals surface area contributed by atoms with Crippen molar-refractivity contribution in [3.8, 4) is 0 Å². The van der Waals surface area contributed by atoms with Crippen LogP contribution in [0.15, 0.2) is 24.3 Å². The van der Waals surface area contributed by atoms with Gasteiger partial charge in [-0.05, 0) is 56.5 Å². The fraction of sp³-hybridized carbons (Fsp3) is 0.444. The minimum absolute atomic E-state index is 0.795. The number of hydrogen-bond donors (Lipinski definition) is 1. The highest BCUT2D eigenvalue weighted by molar-refractivity contribution is 5.31. The van der Waals surface area contributed by atoms with E-state index in [0.29, 0.717) is 0 Å². The van der Waals surface area contributed by atoms with Crippen molar-refractivity contribution in [2.24, 2.45) is 0 Å². The van der Waals surface area contributed by atoms with Gasteiger partial charge in [0.1, 0.15) is 5.82 Å². The van der Waals surface area contributed by atoms with Crippen molar-refractivity contribution in [1.82, 2.24) is 15.3 Å². The average molecular weight is 283 g/mol. The van der Waals surface area contributed by atoms with Crippen LogP contribution in [-0.2, 0) is 13.0 Å². The molecule has 0 fully saturated rings. The first-order chi connectivity index (χ1) is 10.1. The molecule has 1 heterocycles. The first-order valence-corrected chi connectivity index (χ1v) is 7.68. The van der Waals surface area contributed by atoms with Gasteiger partial charge in [-0.3, -0.25) is 0 Å². The second-order valence-corrected chi connectivity index (χ2v) is 5.69. The van der Waals surface area contributed by atoms with Crippen LogP contribution in [-0.4, -0.2) is 16.5 Å². The van der Waals surface area contributed by atoms with Crippen LogP contribution >= 0.6 is 0 Å². The van der Waals surface area contributed by atoms with E-state index < -0.39 is 0 Å². The number of benzene rings is 1. The molecular weight excluding hydrogens is 258 g/mol. The molecule has 0 unspecified atom stereocenters. The normalized spacial score (nSPS) is 10.9. The molecule has 0 saturated carbocycles. The second kappa shape index (κ2) is 7.32. The molecule has 1 N–H and O–H groups in total. The zero-order valence-corrected chi connectivity index (χ0v) is 13.5. The Morgan fingerprint density at radius 2 is 1.81 bits per heavy atom. The van der Waals surface area contributed by atoms with Crippen molar-refractivity contribution in [2.45, 2.75) is 47.1 Å². The first-order valence-electron chi connectivity index (χ1n) is 7.68. The lowest BCUT2D eigenvalue weighted by Crippen LogP contribution is -2.16. The van der Waals surface area contributed by atoms with E-state index in [1.807, 2.05) is 6.92 Å². The van der Waals surface area contributed by atoms with Crippen LogP contribution in [0.2, 0.25) is 0 Å². The third-order valence-electron chi connectivity index (χ3n) is 3.62. The SMILES string of the molecule is CCCNCc1cc(C)nc(Cc2ccc(C)c(C)c2)n1. The summed E-state index contributed by atoms with van der Waals surface area (Å²) < 4.78 is 0. The van der Waals surface area contributed by atoms with E-state index in [4.69, 9.17) is 0 Å². The molecular formula is C18H25N3. The van der Waals surface area contributed by atoms with E-state index in [2.05, 4.69) is 60.3 Å². The molecule has 0 amide bonds. The maximum atomic E-state index is 4.68. The van der Waals surface area contributed by atoms with Gasteiger partial charge in [0.05, 0.1) is 5.69 Å². The van der Waals surface area contributed by atoms with Crippen LogP contribution in [0.1, 0.15) is 47.2 Å². The fourth-order valence-electron chi connectivity index (χ4n) is 2.36. The molecule has 0 aliphatic rings. The summed E-state index contributed by atoms with van der Waals surface area (Å²) in [5.74, 6) is 0.909. The zero-order valence-electron chi connectivity index (χ0n) is 13.5. The molecule has 3 nitrogen and oxygen atoms in total. The monoisotopic (exact) mass is 283 g/mol. The van der Waals surface area contributed by atoms with E-state index in [-0.39, 0.29) is 0 Å². The zero-order chi connectivity index (χ0) is 15.2. The van der Waals surface area contributed by atoms with Crippen molar-refractivity contribution >= 4 is 0 Å². The lowest BCUT2D eigenvalue weighted by atomic mass is 10.0. The van der Waals surface area contributed by atoms with E-state index in [1.54, 1.807) is 0 Å². The van der Waals surface area contributed by atoms with Crippen molar-refractivity contribution in [2.75, 3.05) is 6.54 Å². The molecule has 0 bridgehead atoms. The number of hydrogen-bond acceptors (Lipinski definition) is 3. The molecule has 21 heavy (non-hydrogen) atoms. The summed E-state index contributed by atoms with van der Waals surface area (Å²) in [7, 11) is 0. The highest BCUT2D eigenvalue weighted by atomic mass is 14.9. The minimum atomic E-state index is 0.795. The minimum Gasteiger partial charge on any atom is -0.311 e. The number of rotatable bonds is 6. The van der Waals surface area contributed by atoms with E-state index in [9.17, 15) is 0 Å². The van der Waals surface area contributed by atoms with Gasteiger partial charge in [-0.2, -0.15) is 0 Å². The fourth-order valence-corrected chi connectivity index (χ4v) is 2.36. The summed E-state index contributed by atoms with van der Waals surface area (Å²) >= 11 is 0. The number of nitrogens with one attached hydrogen (secondary N) is 1. The predicted molar refractivity (Wildman–Crippen MR) is 87.5 cm³/mol. The van der Waals surface area contributed by atoms with Gasteiger partial charge in [0.15, 0.2) is 0 Å². The summed E-state index contributed by atoms with van der Waals surface area (Å²) in [6.07, 6.45) is 1.93. The average Bonchev–Trinajstić information content (AvgIpc) is 2.43. The Morgan fingerprint density at radius 3 is 2.52 bits per heavy atom. The Bertz CT molecular complexity index is 605. The van der Waals surface area contributed by atoms with Gasteiger partial charge in [0.25, 0.3) is 0 Å². The van der Waals surface area contributed by atoms with Crippen LogP contribution in [0.3, 0.4) is 0 Å². The Kier molecular flexibility index (Phi) is 5.45. The summed E-state index contributed by atoms with van der Waals surface area (Å²) in [5.41, 5.74) is 6.04. The smallest absolute Gasteiger partial charge is 0.133 e. The maximum Gasteiger partial charge on any atom is 0.133 e. The van der Waals surface area contributed by atoms with E-state index in [1.165, 1.54) is 16.7 Å². The largest absolute Gasteiger partial charge is 0.311 e. The summed E-state index contributed by atoms with van der Waals surface area (Å²) in [4.78, 5) is 9.25. The number of nitrogens with zero attached hydrogens (tertiary/aromatic N) is 2. The van der Waals surface area contributed by atoms with E-state index in [0.717, 1.165) is 43.1 Å². The lowest BCUT2D eigenvalue weighted by Gasteiger charge is -2.08. The van der Waals surface area contributed by atoms with Gasteiger partial charge >= 0.3 is 0 Å². The van der Waals surface area contributed by atoms with E-state index >= 15 is 0 Å². The first kappa shape index (κ1) is 15.6. The highest BCUT2D eigenvalue weighted by Gasteiger charge is 2.05. The van der Waals surface area contributed by atoms with Gasteiger partial charge in [0.2, 0.25) is 0 Å². The third kappa shape index (κ3) is 4.64. The van der Waals surface area contributed by atoms with Crippen molar-refractivity contribution in [3.05, 3.63) is 58.2 Å². The quantitative estimate of drug-likeness (QED) is 0.825. The maximum absolute atomic E-state index is 4.68. The van der Waals surface area contributed by atoms with Crippen molar-refractivity contribution in [3.63, 3.8) is 0 Å². The Labute approximate surface area is 127 Å². The molecule has 3 heteroatoms. The molecule has 0 spiro atoms. The van der Waals surface area contributed by atoms with Crippen LogP contribution in [0.4, 0.5) is 0 Å². The predicted octanol–water partition coefficient (Wildman–Crippen LogP) is 3.49. The third-order valence-corrected chi connectivity index (χ3v) is 3.62. The second-order valence-electron chi connectivity index (χ2n) is 5.69. The van der Waals surface area contributed by atoms with Crippen LogP contribution in [0.5, 0.6) is 0 Å². The molecule has 0 aliphatic carbocycles. The molecule has 2 aromatic rings. The molecule has 0 saturated heterocycles. The Morgan fingerprint density at radius 1 is 1.00 bits per heavy atom. The molecule has 1 aromatic heterocycles. The van der Waals surface area contributed by atoms with Crippen molar-refractivity contribution in [1.29, 1.82) is 0 Å². The highest BCUT2D eigenvalue weighted by Crippen LogP contribution is 2.13. The number of aromatic nitrogens is 2. The van der Waals surface area contributed by atoms with Gasteiger partial charge in [-0.1, -0.05) is 25.1 Å². The Hall–Kier alpha value is -1.74. The van der Waals surface area contributed by atoms with Crippen LogP contribution < -0.4 is 5.32 Å². The molecule has 1 aromatic carbocycles. The summed E-state index contributed by atoms with van der Waals surface area (Å²) in [6.45, 7) is 10.3. The Balaban J connectivity index is 2.13. The summed E-state index contributed by atoms with van der Waals surface area (Å²) in [5, 5.41) is 3.40. The summed E-state index contributed by atoms with van der Waals surface area (Å²) in [6, 6.07) is 8.63. The van der Waals surface area contributed by atoms with Crippen LogP contribution in [0.25, 0.3) is 0 Å². The standard InChI is InChI=1S/C18H25N3/c1-5-8-19-12-17-10-15(4)20-18(21-17)11-16-7-6-13(2)14(3)9-16/h6-7,9-10,19H,5,8,11-12H2,1-4H3. The van der Waals surface area contributed by atoms with Gasteiger partial charge in [0, 0.05) is 18.7 Å². The molecule has 0 radical (unpaired) electrons. The number of aryl methyl sites for hydroxylation is 3. The topological polar surface area (TPSA) is 37.8 Å². The molecule has 112 valence electrons. The molecule has 0 aliphatic heterocycles. The van der Waals surface area contributed by atoms with Crippen molar-refractivity contribution < 1.29 is 0 Å². The van der Waals surface area contributed by atoms with Gasteiger partial charge in [-0.25, -0.2) is 9.97 Å². The molecule has 2 rings (SSSR count). The van der Waals surface area contributed by atoms with Crippen LogP contribution in [0, 0.1) is 20.8 Å². The van der Waals surface area contributed by atoms with Gasteiger partial charge in [-0.15, -0.1) is 0 Å². The van der Waals surface area contributed by atoms with Gasteiger partial charge < -0.3 is 5.32 Å².